The minimum absolute atomic E-state index is 0.0556. The minimum Gasteiger partial charge on any atom is -0.333 e. The molecule has 0 saturated heterocycles. The van der Waals surface area contributed by atoms with Gasteiger partial charge in [0.2, 0.25) is 11.8 Å². The van der Waals surface area contributed by atoms with Crippen LogP contribution in [-0.4, -0.2) is 39.6 Å². The van der Waals surface area contributed by atoms with Crippen LogP contribution in [0.3, 0.4) is 0 Å². The highest BCUT2D eigenvalue weighted by atomic mass is 35.5. The molecule has 0 unspecified atom stereocenters. The van der Waals surface area contributed by atoms with Crippen molar-refractivity contribution in [1.82, 2.24) is 14.7 Å². The number of nitrogens with zero attached hydrogens (tertiary/aromatic N) is 3. The van der Waals surface area contributed by atoms with Crippen molar-refractivity contribution < 1.29 is 9.59 Å². The molecule has 0 aliphatic heterocycles. The van der Waals surface area contributed by atoms with Crippen LogP contribution in [0.15, 0.2) is 91.0 Å². The van der Waals surface area contributed by atoms with E-state index in [2.05, 4.69) is 26.1 Å². The maximum atomic E-state index is 13.4. The zero-order valence-corrected chi connectivity index (χ0v) is 23.5. The van der Waals surface area contributed by atoms with Gasteiger partial charge in [0.25, 0.3) is 0 Å². The molecule has 6 nitrogen and oxygen atoms in total. The third-order valence-electron chi connectivity index (χ3n) is 6.50. The van der Waals surface area contributed by atoms with Crippen LogP contribution in [0.2, 0.25) is 5.02 Å². The fourth-order valence-corrected chi connectivity index (χ4v) is 4.47. The van der Waals surface area contributed by atoms with Crippen LogP contribution in [0, 0.1) is 0 Å². The van der Waals surface area contributed by atoms with Crippen molar-refractivity contribution in [3.8, 4) is 5.69 Å². The Morgan fingerprint density at radius 3 is 2.08 bits per heavy atom. The van der Waals surface area contributed by atoms with Crippen LogP contribution in [0.25, 0.3) is 5.69 Å². The highest BCUT2D eigenvalue weighted by molar-refractivity contribution is 6.32. The van der Waals surface area contributed by atoms with E-state index in [4.69, 9.17) is 16.7 Å². The molecule has 3 aromatic carbocycles. The Hall–Kier alpha value is -3.90. The predicted molar refractivity (Wildman–Crippen MR) is 157 cm³/mol. The molecule has 0 radical (unpaired) electrons. The van der Waals surface area contributed by atoms with Crippen LogP contribution in [-0.2, 0) is 27.8 Å². The van der Waals surface area contributed by atoms with Crippen molar-refractivity contribution in [2.45, 2.75) is 45.4 Å². The van der Waals surface area contributed by atoms with E-state index in [1.807, 2.05) is 84.9 Å². The molecule has 202 valence electrons. The first-order valence-corrected chi connectivity index (χ1v) is 13.6. The first-order valence-electron chi connectivity index (χ1n) is 13.2. The third-order valence-corrected chi connectivity index (χ3v) is 6.82. The molecule has 0 saturated carbocycles. The fourth-order valence-electron chi connectivity index (χ4n) is 4.25. The monoisotopic (exact) mass is 542 g/mol. The number of para-hydroxylation sites is 1. The molecule has 0 fully saturated rings. The highest BCUT2D eigenvalue weighted by Crippen LogP contribution is 2.29. The van der Waals surface area contributed by atoms with Crippen LogP contribution in [0.4, 0.5) is 5.82 Å². The van der Waals surface area contributed by atoms with Crippen LogP contribution < -0.4 is 5.32 Å². The lowest BCUT2D eigenvalue weighted by Gasteiger charge is -2.22. The van der Waals surface area contributed by atoms with Gasteiger partial charge in [0.1, 0.15) is 5.82 Å². The second kappa shape index (κ2) is 12.8. The Labute approximate surface area is 235 Å². The van der Waals surface area contributed by atoms with Gasteiger partial charge >= 0.3 is 0 Å². The van der Waals surface area contributed by atoms with Crippen LogP contribution in [0.1, 0.15) is 44.0 Å². The molecule has 0 aliphatic rings. The molecule has 0 spiro atoms. The largest absolute Gasteiger partial charge is 0.333 e. The summed E-state index contributed by atoms with van der Waals surface area (Å²) < 4.78 is 1.66. The molecule has 4 aromatic rings. The minimum atomic E-state index is -0.287. The number of nitrogens with one attached hydrogen (secondary N) is 1. The molecular formula is C32H35ClN4O2. The maximum absolute atomic E-state index is 13.4. The molecule has 4 rings (SSSR count). The number of carbonyl (C=O) groups excluding carboxylic acids is 2. The van der Waals surface area contributed by atoms with Gasteiger partial charge in [-0.3, -0.25) is 9.59 Å². The molecular weight excluding hydrogens is 508 g/mol. The van der Waals surface area contributed by atoms with Gasteiger partial charge < -0.3 is 10.2 Å². The van der Waals surface area contributed by atoms with Gasteiger partial charge in [-0.1, -0.05) is 105 Å². The van der Waals surface area contributed by atoms with E-state index < -0.39 is 0 Å². The van der Waals surface area contributed by atoms with E-state index >= 15 is 0 Å². The number of aryl methyl sites for hydroxylation is 1. The summed E-state index contributed by atoms with van der Waals surface area (Å²) in [6.07, 6.45) is 1.62. The zero-order valence-electron chi connectivity index (χ0n) is 22.7. The molecule has 1 aromatic heterocycles. The SMILES string of the molecule is CC(C)(C)c1cc(NC(=O)CN(CCc2ccccc2)C(=O)CCc2ccccc2)n(-c2ccccc2Cl)n1. The first-order chi connectivity index (χ1) is 18.7. The highest BCUT2D eigenvalue weighted by Gasteiger charge is 2.24. The van der Waals surface area contributed by atoms with E-state index in [1.165, 1.54) is 0 Å². The number of rotatable bonds is 10. The van der Waals surface area contributed by atoms with Gasteiger partial charge in [0.05, 0.1) is 22.9 Å². The lowest BCUT2D eigenvalue weighted by Crippen LogP contribution is -2.39. The van der Waals surface area contributed by atoms with Crippen LogP contribution >= 0.6 is 11.6 Å². The zero-order chi connectivity index (χ0) is 27.8. The summed E-state index contributed by atoms with van der Waals surface area (Å²) in [5.74, 6) is 0.169. The van der Waals surface area contributed by atoms with E-state index in [0.717, 1.165) is 16.8 Å². The predicted octanol–water partition coefficient (Wildman–Crippen LogP) is 6.47. The summed E-state index contributed by atoms with van der Waals surface area (Å²) in [6, 6.07) is 29.1. The topological polar surface area (TPSA) is 67.2 Å². The van der Waals surface area contributed by atoms with Crippen molar-refractivity contribution in [2.75, 3.05) is 18.4 Å². The van der Waals surface area contributed by atoms with Crippen molar-refractivity contribution in [3.63, 3.8) is 0 Å². The smallest absolute Gasteiger partial charge is 0.245 e. The van der Waals surface area contributed by atoms with E-state index in [1.54, 1.807) is 15.6 Å². The van der Waals surface area contributed by atoms with Gasteiger partial charge in [-0.05, 0) is 36.1 Å². The summed E-state index contributed by atoms with van der Waals surface area (Å²) in [5, 5.41) is 8.28. The molecule has 0 atom stereocenters. The quantitative estimate of drug-likeness (QED) is 0.250. The average Bonchev–Trinajstić information content (AvgIpc) is 3.35. The van der Waals surface area contributed by atoms with Gasteiger partial charge in [0.15, 0.2) is 0 Å². The lowest BCUT2D eigenvalue weighted by molar-refractivity contribution is -0.134. The van der Waals surface area contributed by atoms with Crippen molar-refractivity contribution in [2.24, 2.45) is 0 Å². The van der Waals surface area contributed by atoms with Crippen molar-refractivity contribution in [1.29, 1.82) is 0 Å². The first kappa shape index (κ1) is 28.1. The summed E-state index contributed by atoms with van der Waals surface area (Å²) in [6.45, 7) is 6.58. The Balaban J connectivity index is 1.52. The van der Waals surface area contributed by atoms with Crippen LogP contribution in [0.5, 0.6) is 0 Å². The number of carbonyl (C=O) groups is 2. The Morgan fingerprint density at radius 1 is 0.872 bits per heavy atom. The summed E-state index contributed by atoms with van der Waals surface area (Å²) in [7, 11) is 0. The standard InChI is InChI=1S/C32H35ClN4O2/c1-32(2,3)28-22-29(37(35-28)27-17-11-10-16-26(27)33)34-30(38)23-36(21-20-25-14-8-5-9-15-25)31(39)19-18-24-12-6-4-7-13-24/h4-17,22H,18-21,23H2,1-3H3,(H,34,38). The molecule has 1 heterocycles. The number of halogens is 1. The molecule has 0 bridgehead atoms. The summed E-state index contributed by atoms with van der Waals surface area (Å²) in [4.78, 5) is 28.3. The van der Waals surface area contributed by atoms with Gasteiger partial charge in [0, 0.05) is 24.4 Å². The molecule has 2 amide bonds. The number of amides is 2. The maximum Gasteiger partial charge on any atom is 0.245 e. The number of anilines is 1. The Morgan fingerprint density at radius 2 is 1.46 bits per heavy atom. The Bertz CT molecular complexity index is 1390. The molecule has 1 N–H and O–H groups in total. The number of aromatic nitrogens is 2. The van der Waals surface area contributed by atoms with E-state index in [9.17, 15) is 9.59 Å². The molecule has 39 heavy (non-hydrogen) atoms. The van der Waals surface area contributed by atoms with Gasteiger partial charge in [-0.15, -0.1) is 0 Å². The normalized spacial score (nSPS) is 11.3. The van der Waals surface area contributed by atoms with Gasteiger partial charge in [-0.25, -0.2) is 4.68 Å². The van der Waals surface area contributed by atoms with Crippen molar-refractivity contribution in [3.05, 3.63) is 113 Å². The fraction of sp³-hybridized carbons (Fsp3) is 0.281. The second-order valence-electron chi connectivity index (χ2n) is 10.6. The van der Waals surface area contributed by atoms with Crippen molar-refractivity contribution >= 4 is 29.2 Å². The molecule has 0 aliphatic carbocycles. The van der Waals surface area contributed by atoms with Gasteiger partial charge in [-0.2, -0.15) is 5.10 Å². The number of hydrogen-bond donors (Lipinski definition) is 1. The number of hydrogen-bond acceptors (Lipinski definition) is 3. The Kier molecular flexibility index (Phi) is 9.20. The lowest BCUT2D eigenvalue weighted by atomic mass is 9.92. The summed E-state index contributed by atoms with van der Waals surface area (Å²) in [5.41, 5.74) is 3.46. The average molecular weight is 543 g/mol. The van der Waals surface area contributed by atoms with E-state index in [-0.39, 0.29) is 23.8 Å². The third kappa shape index (κ3) is 7.80. The number of benzene rings is 3. The second-order valence-corrected chi connectivity index (χ2v) is 11.0. The summed E-state index contributed by atoms with van der Waals surface area (Å²) >= 11 is 6.48. The molecule has 7 heteroatoms. The van der Waals surface area contributed by atoms with E-state index in [0.29, 0.717) is 42.3 Å².